The Hall–Kier alpha value is -0.130. The maximum atomic E-state index is 11.6. The number of ether oxygens (including phenoxy) is 2. The zero-order valence-corrected chi connectivity index (χ0v) is 12.6. The van der Waals surface area contributed by atoms with Gasteiger partial charge in [-0.1, -0.05) is 18.3 Å². The summed E-state index contributed by atoms with van der Waals surface area (Å²) in [5, 5.41) is -0.814. The van der Waals surface area contributed by atoms with Crippen molar-refractivity contribution in [1.82, 2.24) is 0 Å². The summed E-state index contributed by atoms with van der Waals surface area (Å²) < 4.78 is 11.9. The molecule has 18 heavy (non-hydrogen) atoms. The first-order chi connectivity index (χ1) is 8.20. The molecule has 4 fully saturated rings. The number of carbonyl (C=O) groups is 1. The standard InChI is InChI=1S/C13H18O3S2/c1-5-9(14)15-13-8-11(3)6-10(2,16-13)7-12(4,17-11)18-13/h5H,1,6-8H2,2-4H3. The van der Waals surface area contributed by atoms with Crippen molar-refractivity contribution in [2.45, 2.75) is 59.6 Å². The zero-order chi connectivity index (χ0) is 13.2. The molecule has 3 nitrogen and oxygen atoms in total. The van der Waals surface area contributed by atoms with Gasteiger partial charge in [0.05, 0.1) is 9.68 Å². The van der Waals surface area contributed by atoms with E-state index < -0.39 is 11.1 Å². The third-order valence-electron chi connectivity index (χ3n) is 3.69. The number of esters is 1. The van der Waals surface area contributed by atoms with Gasteiger partial charge < -0.3 is 9.47 Å². The fourth-order valence-corrected chi connectivity index (χ4v) is 8.98. The fourth-order valence-electron chi connectivity index (χ4n) is 3.88. The number of hydrogen-bond acceptors (Lipinski definition) is 5. The van der Waals surface area contributed by atoms with E-state index in [2.05, 4.69) is 27.4 Å². The van der Waals surface area contributed by atoms with E-state index in [9.17, 15) is 4.79 Å². The van der Waals surface area contributed by atoms with Crippen LogP contribution in [-0.4, -0.2) is 25.5 Å². The summed E-state index contributed by atoms with van der Waals surface area (Å²) in [6, 6.07) is 0. The Morgan fingerprint density at radius 2 is 2.00 bits per heavy atom. The van der Waals surface area contributed by atoms with Crippen molar-refractivity contribution in [3.63, 3.8) is 0 Å². The first-order valence-electron chi connectivity index (χ1n) is 6.16. The minimum Gasteiger partial charge on any atom is -0.420 e. The number of rotatable bonds is 2. The van der Waals surface area contributed by atoms with Gasteiger partial charge in [-0.2, -0.15) is 0 Å². The SMILES string of the molecule is C=CC(=O)OC12CC3(C)CC(C)(CC(C)(S3)S1)O2. The molecule has 4 aliphatic heterocycles. The van der Waals surface area contributed by atoms with Gasteiger partial charge in [0.2, 0.25) is 0 Å². The molecule has 0 aromatic rings. The van der Waals surface area contributed by atoms with Crippen LogP contribution in [0.15, 0.2) is 12.7 Å². The quantitative estimate of drug-likeness (QED) is 0.575. The van der Waals surface area contributed by atoms with E-state index in [4.69, 9.17) is 9.47 Å². The van der Waals surface area contributed by atoms with E-state index in [1.165, 1.54) is 6.08 Å². The van der Waals surface area contributed by atoms with Gasteiger partial charge in [-0.25, -0.2) is 4.79 Å². The first kappa shape index (κ1) is 12.9. The molecule has 0 aliphatic carbocycles. The lowest BCUT2D eigenvalue weighted by atomic mass is 9.82. The topological polar surface area (TPSA) is 35.5 Å². The van der Waals surface area contributed by atoms with Crippen molar-refractivity contribution >= 4 is 29.5 Å². The second kappa shape index (κ2) is 3.49. The summed E-state index contributed by atoms with van der Waals surface area (Å²) in [6.07, 6.45) is 3.98. The number of carbonyl (C=O) groups excluding carboxylic acids is 1. The Morgan fingerprint density at radius 3 is 2.56 bits per heavy atom. The van der Waals surface area contributed by atoms with Gasteiger partial charge in [0.15, 0.2) is 0 Å². The first-order valence-corrected chi connectivity index (χ1v) is 7.79. The van der Waals surface area contributed by atoms with Crippen molar-refractivity contribution in [3.8, 4) is 0 Å². The molecule has 5 heteroatoms. The third kappa shape index (κ3) is 1.91. The molecule has 0 aromatic heterocycles. The molecular weight excluding hydrogens is 268 g/mol. The third-order valence-corrected chi connectivity index (χ3v) is 6.75. The second-order valence-corrected chi connectivity index (χ2v) is 10.3. The average molecular weight is 286 g/mol. The number of thioether (sulfide) groups is 2. The maximum absolute atomic E-state index is 11.6. The lowest BCUT2D eigenvalue weighted by Gasteiger charge is -2.65. The Labute approximate surface area is 116 Å². The van der Waals surface area contributed by atoms with Crippen LogP contribution in [0.3, 0.4) is 0 Å². The molecule has 4 bridgehead atoms. The van der Waals surface area contributed by atoms with Crippen LogP contribution in [0.2, 0.25) is 0 Å². The van der Waals surface area contributed by atoms with E-state index in [1.807, 2.05) is 11.8 Å². The molecule has 4 heterocycles. The highest BCUT2D eigenvalue weighted by atomic mass is 32.2. The van der Waals surface area contributed by atoms with Gasteiger partial charge in [-0.3, -0.25) is 0 Å². The highest BCUT2D eigenvalue weighted by Crippen LogP contribution is 2.72. The van der Waals surface area contributed by atoms with Crippen molar-refractivity contribution in [2.24, 2.45) is 0 Å². The van der Waals surface area contributed by atoms with Crippen LogP contribution in [0.25, 0.3) is 0 Å². The minimum absolute atomic E-state index is 0.0691. The van der Waals surface area contributed by atoms with Crippen LogP contribution < -0.4 is 0 Å². The molecule has 0 radical (unpaired) electrons. The normalized spacial score (nSPS) is 53.3. The smallest absolute Gasteiger partial charge is 0.333 e. The zero-order valence-electron chi connectivity index (χ0n) is 10.9. The molecule has 4 aliphatic rings. The lowest BCUT2D eigenvalue weighted by Crippen LogP contribution is -2.66. The molecule has 0 N–H and O–H groups in total. The van der Waals surface area contributed by atoms with Crippen LogP contribution in [0.1, 0.15) is 40.0 Å². The van der Waals surface area contributed by atoms with Gasteiger partial charge >= 0.3 is 5.97 Å². The van der Waals surface area contributed by atoms with E-state index in [0.29, 0.717) is 0 Å². The van der Waals surface area contributed by atoms with E-state index in [0.717, 1.165) is 19.3 Å². The number of hydrogen-bond donors (Lipinski definition) is 0. The monoisotopic (exact) mass is 286 g/mol. The average Bonchev–Trinajstić information content (AvgIpc) is 2.08. The molecule has 4 saturated heterocycles. The fraction of sp³-hybridized carbons (Fsp3) is 0.769. The Balaban J connectivity index is 1.98. The molecule has 4 atom stereocenters. The molecule has 0 saturated carbocycles. The Kier molecular flexibility index (Phi) is 2.50. The van der Waals surface area contributed by atoms with Crippen LogP contribution in [0.4, 0.5) is 0 Å². The predicted molar refractivity (Wildman–Crippen MR) is 74.4 cm³/mol. The van der Waals surface area contributed by atoms with E-state index >= 15 is 0 Å². The van der Waals surface area contributed by atoms with E-state index in [1.54, 1.807) is 11.8 Å². The molecule has 4 unspecified atom stereocenters. The summed E-state index contributed by atoms with van der Waals surface area (Å²) in [7, 11) is 0. The van der Waals surface area contributed by atoms with Crippen LogP contribution in [0, 0.1) is 0 Å². The second-order valence-electron chi connectivity index (χ2n) is 6.18. The van der Waals surface area contributed by atoms with Crippen molar-refractivity contribution in [3.05, 3.63) is 12.7 Å². The summed E-state index contributed by atoms with van der Waals surface area (Å²) in [5.74, 6) is -0.398. The van der Waals surface area contributed by atoms with Gasteiger partial charge in [0, 0.05) is 23.7 Å². The predicted octanol–water partition coefficient (Wildman–Crippen LogP) is 3.30. The summed E-state index contributed by atoms with van der Waals surface area (Å²) in [6.45, 7) is 10.1. The minimum atomic E-state index is -0.814. The molecule has 0 spiro atoms. The van der Waals surface area contributed by atoms with Gasteiger partial charge in [-0.15, -0.1) is 11.8 Å². The van der Waals surface area contributed by atoms with Crippen molar-refractivity contribution in [1.29, 1.82) is 0 Å². The van der Waals surface area contributed by atoms with Crippen LogP contribution in [-0.2, 0) is 14.3 Å². The highest BCUT2D eigenvalue weighted by Gasteiger charge is 2.68. The summed E-state index contributed by atoms with van der Waals surface area (Å²) in [4.78, 5) is 11.6. The van der Waals surface area contributed by atoms with E-state index in [-0.39, 0.29) is 14.4 Å². The molecular formula is C13H18O3S2. The Morgan fingerprint density at radius 1 is 1.28 bits per heavy atom. The van der Waals surface area contributed by atoms with Gasteiger partial charge in [0.25, 0.3) is 5.12 Å². The van der Waals surface area contributed by atoms with Crippen molar-refractivity contribution < 1.29 is 14.3 Å². The maximum Gasteiger partial charge on any atom is 0.333 e. The lowest BCUT2D eigenvalue weighted by molar-refractivity contribution is -0.261. The summed E-state index contributed by atoms with van der Waals surface area (Å²) in [5.41, 5.74) is -0.181. The molecule has 0 amide bonds. The Bertz CT molecular complexity index is 380. The summed E-state index contributed by atoms with van der Waals surface area (Å²) >= 11 is 3.66. The van der Waals surface area contributed by atoms with Crippen molar-refractivity contribution in [2.75, 3.05) is 0 Å². The highest BCUT2D eigenvalue weighted by molar-refractivity contribution is 8.20. The van der Waals surface area contributed by atoms with Crippen LogP contribution in [0.5, 0.6) is 0 Å². The molecule has 4 rings (SSSR count). The van der Waals surface area contributed by atoms with Gasteiger partial charge in [-0.05, 0) is 27.2 Å². The largest absolute Gasteiger partial charge is 0.420 e. The molecule has 0 aromatic carbocycles. The van der Waals surface area contributed by atoms with Crippen LogP contribution >= 0.6 is 23.5 Å². The van der Waals surface area contributed by atoms with Gasteiger partial charge in [0.1, 0.15) is 0 Å². The molecule has 100 valence electrons.